The van der Waals surface area contributed by atoms with Crippen LogP contribution in [0.25, 0.3) is 22.6 Å². The number of carboxylic acid groups (broad SMARTS) is 1. The summed E-state index contributed by atoms with van der Waals surface area (Å²) >= 11 is 0. The van der Waals surface area contributed by atoms with Crippen LogP contribution in [0.1, 0.15) is 40.5 Å². The number of carboxylic acids is 1. The first-order valence-electron chi connectivity index (χ1n) is 9.59. The Bertz CT molecular complexity index is 1130. The summed E-state index contributed by atoms with van der Waals surface area (Å²) in [5.74, 6) is 0.837. The van der Waals surface area contributed by atoms with E-state index in [1.54, 1.807) is 14.2 Å². The average Bonchev–Trinajstić information content (AvgIpc) is 2.72. The second-order valence-electron chi connectivity index (χ2n) is 7.43. The normalized spacial score (nSPS) is 17.2. The Morgan fingerprint density at radius 3 is 2.66 bits per heavy atom. The van der Waals surface area contributed by atoms with Crippen molar-refractivity contribution in [3.8, 4) is 11.5 Å². The van der Waals surface area contributed by atoms with Crippen LogP contribution in [0.4, 0.5) is 0 Å². The second kappa shape index (κ2) is 7.59. The van der Waals surface area contributed by atoms with Gasteiger partial charge in [0.15, 0.2) is 0 Å². The number of carbonyl (C=O) groups is 1. The molecule has 1 atom stereocenters. The maximum atomic E-state index is 12.1. The molecule has 1 heterocycles. The standard InChI is InChI=1S/C24H23NO4/c1-14-10-16(12-15-8-9-17(28-2)13-21(15)29-3)23-19(11-14)22(24(26)27)18-6-4-5-7-20(18)25-23/h4-9,12-14H,10-11H2,1-3H3,(H,26,27)/b16-12+. The second-order valence-corrected chi connectivity index (χ2v) is 7.43. The summed E-state index contributed by atoms with van der Waals surface area (Å²) in [5, 5.41) is 10.6. The Morgan fingerprint density at radius 1 is 1.14 bits per heavy atom. The van der Waals surface area contributed by atoms with Crippen molar-refractivity contribution in [3.63, 3.8) is 0 Å². The van der Waals surface area contributed by atoms with Crippen LogP contribution in [0.3, 0.4) is 0 Å². The van der Waals surface area contributed by atoms with Crippen LogP contribution in [0.15, 0.2) is 42.5 Å². The van der Waals surface area contributed by atoms with Crippen LogP contribution in [0, 0.1) is 5.92 Å². The number of methoxy groups -OCH3 is 2. The van der Waals surface area contributed by atoms with E-state index < -0.39 is 5.97 Å². The maximum Gasteiger partial charge on any atom is 0.336 e. The predicted molar refractivity (Wildman–Crippen MR) is 114 cm³/mol. The molecule has 1 aromatic heterocycles. The van der Waals surface area contributed by atoms with Gasteiger partial charge in [0, 0.05) is 17.0 Å². The minimum atomic E-state index is -0.907. The number of pyridine rings is 1. The van der Waals surface area contributed by atoms with Gasteiger partial charge in [0.25, 0.3) is 0 Å². The minimum Gasteiger partial charge on any atom is -0.497 e. The van der Waals surface area contributed by atoms with E-state index >= 15 is 0 Å². The number of allylic oxidation sites excluding steroid dienone is 1. The van der Waals surface area contributed by atoms with Gasteiger partial charge in [0.2, 0.25) is 0 Å². The fourth-order valence-electron chi connectivity index (χ4n) is 4.11. The van der Waals surface area contributed by atoms with Gasteiger partial charge in [-0.25, -0.2) is 9.78 Å². The number of ether oxygens (including phenoxy) is 2. The molecule has 0 fully saturated rings. The van der Waals surface area contributed by atoms with Crippen molar-refractivity contribution in [2.24, 2.45) is 5.92 Å². The first-order valence-corrected chi connectivity index (χ1v) is 9.59. The third kappa shape index (κ3) is 3.44. The molecule has 148 valence electrons. The molecule has 2 aromatic carbocycles. The average molecular weight is 389 g/mol. The lowest BCUT2D eigenvalue weighted by Gasteiger charge is -2.26. The van der Waals surface area contributed by atoms with Gasteiger partial charge in [-0.2, -0.15) is 0 Å². The number of hydrogen-bond donors (Lipinski definition) is 1. The lowest BCUT2D eigenvalue weighted by molar-refractivity contribution is 0.0697. The fraction of sp³-hybridized carbons (Fsp3) is 0.250. The molecule has 1 unspecified atom stereocenters. The van der Waals surface area contributed by atoms with Gasteiger partial charge < -0.3 is 14.6 Å². The van der Waals surface area contributed by atoms with Crippen molar-refractivity contribution < 1.29 is 19.4 Å². The Kier molecular flexibility index (Phi) is 4.97. The van der Waals surface area contributed by atoms with Crippen LogP contribution in [-0.4, -0.2) is 30.3 Å². The molecule has 0 radical (unpaired) electrons. The van der Waals surface area contributed by atoms with Crippen LogP contribution >= 0.6 is 0 Å². The fourth-order valence-corrected chi connectivity index (χ4v) is 4.11. The zero-order chi connectivity index (χ0) is 20.5. The van der Waals surface area contributed by atoms with E-state index in [9.17, 15) is 9.90 Å². The minimum absolute atomic E-state index is 0.319. The molecule has 29 heavy (non-hydrogen) atoms. The van der Waals surface area contributed by atoms with Gasteiger partial charge in [-0.1, -0.05) is 25.1 Å². The van der Waals surface area contributed by atoms with Crippen LogP contribution in [0.2, 0.25) is 0 Å². The van der Waals surface area contributed by atoms with E-state index in [1.807, 2.05) is 42.5 Å². The maximum absolute atomic E-state index is 12.1. The first-order chi connectivity index (χ1) is 14.0. The highest BCUT2D eigenvalue weighted by Gasteiger charge is 2.28. The Morgan fingerprint density at radius 2 is 1.93 bits per heavy atom. The molecular weight excluding hydrogens is 366 g/mol. The van der Waals surface area contributed by atoms with Gasteiger partial charge in [-0.15, -0.1) is 0 Å². The van der Waals surface area contributed by atoms with Crippen molar-refractivity contribution in [3.05, 3.63) is 64.8 Å². The van der Waals surface area contributed by atoms with Crippen molar-refractivity contribution >= 4 is 28.5 Å². The van der Waals surface area contributed by atoms with Crippen LogP contribution < -0.4 is 9.47 Å². The summed E-state index contributed by atoms with van der Waals surface area (Å²) in [6.07, 6.45) is 3.58. The number of fused-ring (bicyclic) bond motifs is 2. The van der Waals surface area contributed by atoms with Gasteiger partial charge in [0.1, 0.15) is 11.5 Å². The third-order valence-corrected chi connectivity index (χ3v) is 5.40. The SMILES string of the molecule is COc1ccc(/C=C2\CC(C)Cc3c2nc2ccccc2c3C(=O)O)c(OC)c1. The monoisotopic (exact) mass is 389 g/mol. The topological polar surface area (TPSA) is 68.7 Å². The predicted octanol–water partition coefficient (Wildman–Crippen LogP) is 5.07. The number of aromatic carboxylic acids is 1. The number of benzene rings is 2. The van der Waals surface area contributed by atoms with Crippen molar-refractivity contribution in [2.75, 3.05) is 14.2 Å². The van der Waals surface area contributed by atoms with E-state index in [1.165, 1.54) is 0 Å². The molecule has 0 bridgehead atoms. The van der Waals surface area contributed by atoms with Gasteiger partial charge >= 0.3 is 5.97 Å². The molecule has 1 N–H and O–H groups in total. The van der Waals surface area contributed by atoms with Crippen molar-refractivity contribution in [1.82, 2.24) is 4.98 Å². The van der Waals surface area contributed by atoms with Gasteiger partial charge in [0.05, 0.1) is 31.0 Å². The van der Waals surface area contributed by atoms with E-state index in [4.69, 9.17) is 14.5 Å². The highest BCUT2D eigenvalue weighted by atomic mass is 16.5. The molecule has 5 heteroatoms. The highest BCUT2D eigenvalue weighted by Crippen LogP contribution is 2.39. The highest BCUT2D eigenvalue weighted by molar-refractivity contribution is 6.06. The number of aromatic nitrogens is 1. The van der Waals surface area contributed by atoms with Gasteiger partial charge in [-0.05, 0) is 54.2 Å². The van der Waals surface area contributed by atoms with Crippen LogP contribution in [-0.2, 0) is 6.42 Å². The number of para-hydroxylation sites is 1. The molecule has 0 aliphatic heterocycles. The van der Waals surface area contributed by atoms with E-state index in [2.05, 4.69) is 13.0 Å². The lowest BCUT2D eigenvalue weighted by Crippen LogP contribution is -2.17. The Hall–Kier alpha value is -3.34. The molecule has 0 saturated carbocycles. The Balaban J connectivity index is 1.95. The quantitative estimate of drug-likeness (QED) is 0.674. The zero-order valence-corrected chi connectivity index (χ0v) is 16.7. The lowest BCUT2D eigenvalue weighted by atomic mass is 9.80. The zero-order valence-electron chi connectivity index (χ0n) is 16.7. The first kappa shape index (κ1) is 19.0. The third-order valence-electron chi connectivity index (χ3n) is 5.40. The molecule has 4 rings (SSSR count). The largest absolute Gasteiger partial charge is 0.497 e. The molecule has 5 nitrogen and oxygen atoms in total. The molecule has 1 aliphatic rings. The molecule has 3 aromatic rings. The summed E-state index contributed by atoms with van der Waals surface area (Å²) in [6.45, 7) is 2.14. The van der Waals surface area contributed by atoms with Gasteiger partial charge in [-0.3, -0.25) is 0 Å². The number of rotatable bonds is 4. The summed E-state index contributed by atoms with van der Waals surface area (Å²) < 4.78 is 10.8. The smallest absolute Gasteiger partial charge is 0.336 e. The number of nitrogens with zero attached hydrogens (tertiary/aromatic N) is 1. The van der Waals surface area contributed by atoms with E-state index in [0.29, 0.717) is 34.6 Å². The van der Waals surface area contributed by atoms with E-state index in [0.717, 1.165) is 34.6 Å². The van der Waals surface area contributed by atoms with Crippen LogP contribution in [0.5, 0.6) is 11.5 Å². The summed E-state index contributed by atoms with van der Waals surface area (Å²) in [7, 11) is 3.25. The molecular formula is C24H23NO4. The number of hydrogen-bond acceptors (Lipinski definition) is 4. The summed E-state index contributed by atoms with van der Waals surface area (Å²) in [5.41, 5.74) is 4.59. The van der Waals surface area contributed by atoms with Crippen molar-refractivity contribution in [1.29, 1.82) is 0 Å². The molecule has 0 amide bonds. The Labute approximate surface area is 169 Å². The molecule has 0 spiro atoms. The van der Waals surface area contributed by atoms with Crippen molar-refractivity contribution in [2.45, 2.75) is 19.8 Å². The molecule has 0 saturated heterocycles. The summed E-state index contributed by atoms with van der Waals surface area (Å²) in [6, 6.07) is 13.1. The molecule has 1 aliphatic carbocycles. The van der Waals surface area contributed by atoms with E-state index in [-0.39, 0.29) is 0 Å². The summed E-state index contributed by atoms with van der Waals surface area (Å²) in [4.78, 5) is 17.0.